The second-order valence-electron chi connectivity index (χ2n) is 6.16. The van der Waals surface area contributed by atoms with Crippen LogP contribution in [0.5, 0.6) is 0 Å². The first-order valence-corrected chi connectivity index (χ1v) is 9.37. The number of nitrogens with one attached hydrogen (secondary N) is 1. The topological polar surface area (TPSA) is 66.5 Å². The van der Waals surface area contributed by atoms with Crippen molar-refractivity contribution in [1.82, 2.24) is 9.62 Å². The largest absolute Gasteiger partial charge is 0.341 e. The molecule has 0 saturated carbocycles. The predicted octanol–water partition coefficient (Wildman–Crippen LogP) is 2.14. The summed E-state index contributed by atoms with van der Waals surface area (Å²) in [5.74, 6) is -1.29. The zero-order valence-electron chi connectivity index (χ0n) is 13.5. The van der Waals surface area contributed by atoms with Crippen LogP contribution in [0.4, 0.5) is 4.39 Å². The summed E-state index contributed by atoms with van der Waals surface area (Å²) in [5, 5.41) is 0. The minimum atomic E-state index is -4.09. The molecule has 7 heteroatoms. The summed E-state index contributed by atoms with van der Waals surface area (Å²) in [6.45, 7) is 4.83. The molecule has 5 nitrogen and oxygen atoms in total. The molecule has 1 heterocycles. The fraction of sp³-hybridized carbons (Fsp3) is 0.562. The molecule has 1 saturated heterocycles. The fourth-order valence-corrected chi connectivity index (χ4v) is 4.09. The van der Waals surface area contributed by atoms with Crippen molar-refractivity contribution < 1.29 is 17.6 Å². The van der Waals surface area contributed by atoms with Gasteiger partial charge < -0.3 is 4.90 Å². The maximum absolute atomic E-state index is 13.8. The van der Waals surface area contributed by atoms with Gasteiger partial charge in [0.25, 0.3) is 0 Å². The van der Waals surface area contributed by atoms with Crippen molar-refractivity contribution in [2.75, 3.05) is 13.1 Å². The third-order valence-electron chi connectivity index (χ3n) is 4.01. The molecule has 1 aromatic rings. The Hall–Kier alpha value is -1.47. The molecule has 1 N–H and O–H groups in total. The predicted molar refractivity (Wildman–Crippen MR) is 85.8 cm³/mol. The summed E-state index contributed by atoms with van der Waals surface area (Å²) in [7, 11) is -4.09. The van der Waals surface area contributed by atoms with Crippen molar-refractivity contribution >= 4 is 15.9 Å². The number of hydrogen-bond acceptors (Lipinski definition) is 3. The molecule has 128 valence electrons. The molecule has 1 unspecified atom stereocenters. The molecule has 0 aromatic heterocycles. The first-order chi connectivity index (χ1) is 10.8. The van der Waals surface area contributed by atoms with Gasteiger partial charge in [-0.25, -0.2) is 12.8 Å². The van der Waals surface area contributed by atoms with Crippen molar-refractivity contribution in [1.29, 1.82) is 0 Å². The van der Waals surface area contributed by atoms with E-state index < -0.39 is 26.8 Å². The lowest BCUT2D eigenvalue weighted by Crippen LogP contribution is -2.52. The number of benzene rings is 1. The van der Waals surface area contributed by atoms with Crippen LogP contribution in [0.15, 0.2) is 29.2 Å². The SMILES string of the molecule is CC(C)C(NS(=O)(=O)c1ccccc1F)C(=O)N1CCCCC1. The Bertz CT molecular complexity index is 655. The number of likely N-dealkylation sites (tertiary alicyclic amines) is 1. The summed E-state index contributed by atoms with van der Waals surface area (Å²) in [4.78, 5) is 13.9. The number of halogens is 1. The van der Waals surface area contributed by atoms with E-state index in [1.165, 1.54) is 18.2 Å². The highest BCUT2D eigenvalue weighted by atomic mass is 32.2. The highest BCUT2D eigenvalue weighted by Crippen LogP contribution is 2.18. The standard InChI is InChI=1S/C16H23FN2O3S/c1-12(2)15(16(20)19-10-6-3-7-11-19)18-23(21,22)14-9-5-4-8-13(14)17/h4-5,8-9,12,15,18H,3,6-7,10-11H2,1-2H3. The summed E-state index contributed by atoms with van der Waals surface area (Å²) < 4.78 is 41.0. The van der Waals surface area contributed by atoms with Crippen LogP contribution >= 0.6 is 0 Å². The van der Waals surface area contributed by atoms with Crippen molar-refractivity contribution in [3.05, 3.63) is 30.1 Å². The zero-order chi connectivity index (χ0) is 17.0. The lowest BCUT2D eigenvalue weighted by atomic mass is 10.0. The molecule has 1 aliphatic heterocycles. The van der Waals surface area contributed by atoms with Gasteiger partial charge in [0, 0.05) is 13.1 Å². The van der Waals surface area contributed by atoms with Crippen LogP contribution in [-0.2, 0) is 14.8 Å². The first-order valence-electron chi connectivity index (χ1n) is 7.88. The molecule has 1 fully saturated rings. The molecule has 23 heavy (non-hydrogen) atoms. The zero-order valence-corrected chi connectivity index (χ0v) is 14.3. The van der Waals surface area contributed by atoms with Crippen LogP contribution in [0.3, 0.4) is 0 Å². The Morgan fingerprint density at radius 3 is 2.35 bits per heavy atom. The molecule has 1 amide bonds. The van der Waals surface area contributed by atoms with Crippen LogP contribution in [0.2, 0.25) is 0 Å². The van der Waals surface area contributed by atoms with E-state index in [1.54, 1.807) is 18.7 Å². The van der Waals surface area contributed by atoms with E-state index in [9.17, 15) is 17.6 Å². The Morgan fingerprint density at radius 2 is 1.78 bits per heavy atom. The average molecular weight is 342 g/mol. The highest BCUT2D eigenvalue weighted by Gasteiger charge is 2.32. The Kier molecular flexibility index (Phi) is 5.75. The van der Waals surface area contributed by atoms with Crippen LogP contribution in [0.1, 0.15) is 33.1 Å². The maximum Gasteiger partial charge on any atom is 0.244 e. The van der Waals surface area contributed by atoms with Gasteiger partial charge in [0.1, 0.15) is 16.8 Å². The van der Waals surface area contributed by atoms with E-state index in [1.807, 2.05) is 0 Å². The number of rotatable bonds is 5. The minimum Gasteiger partial charge on any atom is -0.341 e. The normalized spacial score (nSPS) is 17.3. The molecule has 1 atom stereocenters. The third kappa shape index (κ3) is 4.29. The fourth-order valence-electron chi connectivity index (χ4n) is 2.68. The number of sulfonamides is 1. The molecule has 0 radical (unpaired) electrons. The molecule has 1 aromatic carbocycles. The quantitative estimate of drug-likeness (QED) is 0.891. The Morgan fingerprint density at radius 1 is 1.17 bits per heavy atom. The van der Waals surface area contributed by atoms with Gasteiger partial charge in [-0.2, -0.15) is 4.72 Å². The lowest BCUT2D eigenvalue weighted by molar-refractivity contribution is -0.134. The third-order valence-corrected chi connectivity index (χ3v) is 5.48. The van der Waals surface area contributed by atoms with Gasteiger partial charge >= 0.3 is 0 Å². The van der Waals surface area contributed by atoms with Gasteiger partial charge in [0.2, 0.25) is 15.9 Å². The van der Waals surface area contributed by atoms with Gasteiger partial charge in [-0.3, -0.25) is 4.79 Å². The number of carbonyl (C=O) groups is 1. The smallest absolute Gasteiger partial charge is 0.244 e. The monoisotopic (exact) mass is 342 g/mol. The number of carbonyl (C=O) groups excluding carboxylic acids is 1. The van der Waals surface area contributed by atoms with Crippen LogP contribution < -0.4 is 4.72 Å². The van der Waals surface area contributed by atoms with Crippen molar-refractivity contribution in [2.45, 2.75) is 44.0 Å². The summed E-state index contributed by atoms with van der Waals surface area (Å²) >= 11 is 0. The van der Waals surface area contributed by atoms with E-state index in [-0.39, 0.29) is 11.8 Å². The molecule has 0 spiro atoms. The highest BCUT2D eigenvalue weighted by molar-refractivity contribution is 7.89. The molecule has 0 aliphatic carbocycles. The summed E-state index contributed by atoms with van der Waals surface area (Å²) in [6.07, 6.45) is 2.93. The maximum atomic E-state index is 13.8. The second-order valence-corrected chi connectivity index (χ2v) is 7.84. The molecular weight excluding hydrogens is 319 g/mol. The van der Waals surface area contributed by atoms with Crippen LogP contribution in [-0.4, -0.2) is 38.4 Å². The number of hydrogen-bond donors (Lipinski definition) is 1. The number of nitrogens with zero attached hydrogens (tertiary/aromatic N) is 1. The van der Waals surface area contributed by atoms with Gasteiger partial charge in [-0.1, -0.05) is 26.0 Å². The minimum absolute atomic E-state index is 0.231. The van der Waals surface area contributed by atoms with Gasteiger partial charge in [0.15, 0.2) is 0 Å². The number of piperidine rings is 1. The van der Waals surface area contributed by atoms with E-state index in [0.717, 1.165) is 25.3 Å². The van der Waals surface area contributed by atoms with Gasteiger partial charge in [0.05, 0.1) is 0 Å². The molecule has 1 aliphatic rings. The van der Waals surface area contributed by atoms with E-state index in [2.05, 4.69) is 4.72 Å². The average Bonchev–Trinajstić information content (AvgIpc) is 2.53. The van der Waals surface area contributed by atoms with Crippen LogP contribution in [0, 0.1) is 11.7 Å². The molecule has 2 rings (SSSR count). The summed E-state index contributed by atoms with van der Waals surface area (Å²) in [5.41, 5.74) is 0. The first kappa shape index (κ1) is 17.9. The van der Waals surface area contributed by atoms with Crippen molar-refractivity contribution in [2.24, 2.45) is 5.92 Å². The Balaban J connectivity index is 2.22. The van der Waals surface area contributed by atoms with Crippen molar-refractivity contribution in [3.63, 3.8) is 0 Å². The Labute approximate surface area is 136 Å². The second kappa shape index (κ2) is 7.40. The molecule has 0 bridgehead atoms. The van der Waals surface area contributed by atoms with E-state index in [4.69, 9.17) is 0 Å². The van der Waals surface area contributed by atoms with Crippen molar-refractivity contribution in [3.8, 4) is 0 Å². The van der Waals surface area contributed by atoms with E-state index in [0.29, 0.717) is 13.1 Å². The lowest BCUT2D eigenvalue weighted by Gasteiger charge is -2.32. The van der Waals surface area contributed by atoms with Crippen LogP contribution in [0.25, 0.3) is 0 Å². The van der Waals surface area contributed by atoms with Gasteiger partial charge in [-0.15, -0.1) is 0 Å². The molecular formula is C16H23FN2O3S. The van der Waals surface area contributed by atoms with E-state index >= 15 is 0 Å². The number of amides is 1. The summed E-state index contributed by atoms with van der Waals surface area (Å²) in [6, 6.07) is 4.27. The van der Waals surface area contributed by atoms with Gasteiger partial charge in [-0.05, 0) is 37.3 Å².